The SMILES string of the molecule is CC(C)(C)NC(=O)[C@@H]1CN(Cc2cccnc2)CCN1CC(O)CC(Cc1ccccc1)C(=O)N[C@H]1c2ccccc2C[C@H]1O.CC(Cn1cnc2c(N)ncnc21)OCP(=O)(O)O.O=S(=O)(O)O. The molecule has 1 aliphatic carbocycles. The molecule has 0 spiro atoms. The number of imidazole rings is 1. The molecule has 2 aromatic carbocycles. The van der Waals surface area contributed by atoms with E-state index >= 15 is 0 Å². The predicted octanol–water partition coefficient (Wildman–Crippen LogP) is 2.16. The zero-order valence-electron chi connectivity index (χ0n) is 38.9. The highest BCUT2D eigenvalue weighted by molar-refractivity contribution is 7.79. The predicted molar refractivity (Wildman–Crippen MR) is 255 cm³/mol. The van der Waals surface area contributed by atoms with Gasteiger partial charge in [-0.1, -0.05) is 60.7 Å². The Hall–Kier alpha value is -5.30. The number of amides is 2. The molecule has 7 rings (SSSR count). The summed E-state index contributed by atoms with van der Waals surface area (Å²) in [5.74, 6) is -0.497. The Balaban J connectivity index is 0.000000305. The molecule has 1 fully saturated rings. The number of nitrogens with one attached hydrogen (secondary N) is 2. The average molecular weight is 999 g/mol. The lowest BCUT2D eigenvalue weighted by atomic mass is 9.91. The van der Waals surface area contributed by atoms with Gasteiger partial charge in [-0.3, -0.25) is 38.0 Å². The highest BCUT2D eigenvalue weighted by Gasteiger charge is 2.37. The molecule has 6 atom stereocenters. The van der Waals surface area contributed by atoms with Crippen LogP contribution in [0.3, 0.4) is 0 Å². The third kappa shape index (κ3) is 18.2. The third-order valence-electron chi connectivity index (χ3n) is 11.1. The molecule has 0 saturated carbocycles. The number of carbonyl (C=O) groups excluding carboxylic acids is 2. The molecule has 2 aliphatic rings. The molecule has 1 aliphatic heterocycles. The number of pyridine rings is 1. The summed E-state index contributed by atoms with van der Waals surface area (Å²) in [7, 11) is -8.82. The molecule has 22 nitrogen and oxygen atoms in total. The molecule has 0 bridgehead atoms. The number of fused-ring (bicyclic) bond motifs is 2. The number of rotatable bonds is 16. The first-order valence-electron chi connectivity index (χ1n) is 22.2. The van der Waals surface area contributed by atoms with Gasteiger partial charge in [0, 0.05) is 63.0 Å². The van der Waals surface area contributed by atoms with E-state index in [-0.39, 0.29) is 30.6 Å². The largest absolute Gasteiger partial charge is 0.394 e. The molecule has 0 radical (unpaired) electrons. The molecular weight excluding hydrogens is 936 g/mol. The van der Waals surface area contributed by atoms with Gasteiger partial charge in [-0.05, 0) is 68.9 Å². The van der Waals surface area contributed by atoms with E-state index in [9.17, 15) is 24.4 Å². The van der Waals surface area contributed by atoms with Gasteiger partial charge in [0.25, 0.3) is 0 Å². The van der Waals surface area contributed by atoms with Gasteiger partial charge < -0.3 is 45.7 Å². The van der Waals surface area contributed by atoms with Gasteiger partial charge in [-0.2, -0.15) is 8.42 Å². The highest BCUT2D eigenvalue weighted by Crippen LogP contribution is 2.35. The maximum absolute atomic E-state index is 13.8. The minimum absolute atomic E-state index is 0.0712. The van der Waals surface area contributed by atoms with Gasteiger partial charge in [0.1, 0.15) is 24.2 Å². The quantitative estimate of drug-likeness (QED) is 0.0505. The van der Waals surface area contributed by atoms with E-state index in [1.54, 1.807) is 17.7 Å². The number of nitrogens with zero attached hydrogens (tertiary/aromatic N) is 7. The fourth-order valence-electron chi connectivity index (χ4n) is 8.15. The number of aliphatic hydroxyl groups is 2. The van der Waals surface area contributed by atoms with Crippen molar-refractivity contribution in [3.8, 4) is 0 Å². The standard InChI is InChI=1S/C36H47N5O4.C9H14N5O4P.H2O4S/c1-36(2,3)39-35(45)31-24-40(22-26-12-9-15-37-21-26)16-17-41(31)23-29(42)19-28(18-25-10-5-4-6-11-25)34(44)38-33-30-14-8-7-13-27(30)20-32(33)43;1-6(18-5-19(15,16)17)2-14-4-13-7-8(10)11-3-12-9(7)14;1-5(2,3)4/h4-15,21,28-29,31-33,42-43H,16-20,22-24H2,1-3H3,(H,38,44)(H,39,45);3-4,6H,2,5H2,1H3,(H2,10,11,12)(H2,15,16,17);(H2,1,2,3,4)/t28?,29?,31-,32+,33-;;/m0../s1. The maximum atomic E-state index is 13.8. The Morgan fingerprint density at radius 3 is 2.32 bits per heavy atom. The maximum Gasteiger partial charge on any atom is 0.394 e. The second kappa shape index (κ2) is 24.5. The Morgan fingerprint density at radius 1 is 0.971 bits per heavy atom. The Labute approximate surface area is 401 Å². The summed E-state index contributed by atoms with van der Waals surface area (Å²) in [6.45, 7) is 10.8. The monoisotopic (exact) mass is 998 g/mol. The lowest BCUT2D eigenvalue weighted by molar-refractivity contribution is -0.132. The topological polar surface area (TPSA) is 329 Å². The van der Waals surface area contributed by atoms with Crippen LogP contribution in [0.1, 0.15) is 62.4 Å². The Bertz CT molecular complexity index is 2590. The Kier molecular flexibility index (Phi) is 19.4. The number of carbonyl (C=O) groups is 2. The summed E-state index contributed by atoms with van der Waals surface area (Å²) in [5, 5.41) is 28.5. The lowest BCUT2D eigenvalue weighted by Crippen LogP contribution is -2.61. The van der Waals surface area contributed by atoms with Gasteiger partial charge >= 0.3 is 18.0 Å². The van der Waals surface area contributed by atoms with Crippen LogP contribution in [0, 0.1) is 5.92 Å². The number of ether oxygens (including phenoxy) is 1. The first-order chi connectivity index (χ1) is 32.4. The van der Waals surface area contributed by atoms with Gasteiger partial charge in [-0.25, -0.2) is 15.0 Å². The van der Waals surface area contributed by atoms with E-state index < -0.39 is 66.2 Å². The molecule has 1 saturated heterocycles. The second-order valence-corrected chi connectivity index (χ2v) is 20.6. The normalized spacial score (nSPS) is 19.0. The van der Waals surface area contributed by atoms with Crippen molar-refractivity contribution < 1.29 is 56.4 Å². The number of hydrogen-bond acceptors (Lipinski definition) is 15. The van der Waals surface area contributed by atoms with E-state index in [1.165, 1.54) is 12.7 Å². The summed E-state index contributed by atoms with van der Waals surface area (Å²) in [6.07, 6.45) is 5.11. The van der Waals surface area contributed by atoms with Crippen molar-refractivity contribution in [3.05, 3.63) is 114 Å². The number of β-amino-alcohol motifs (C(OH)–C–C–N with tert-alkyl or cyclic N) is 1. The van der Waals surface area contributed by atoms with Crippen molar-refractivity contribution in [2.45, 2.75) is 96.0 Å². The summed E-state index contributed by atoms with van der Waals surface area (Å²) in [5.41, 5.74) is 10.4. The van der Waals surface area contributed by atoms with Crippen molar-refractivity contribution in [2.24, 2.45) is 5.92 Å². The number of nitrogen functional groups attached to an aromatic ring is 1. The zero-order chi connectivity index (χ0) is 50.5. The number of aliphatic hydroxyl groups excluding tert-OH is 2. The first kappa shape index (κ1) is 54.6. The van der Waals surface area contributed by atoms with Crippen LogP contribution in [0.15, 0.2) is 91.8 Å². The van der Waals surface area contributed by atoms with Gasteiger partial charge in [0.05, 0.1) is 37.2 Å². The van der Waals surface area contributed by atoms with Crippen LogP contribution < -0.4 is 16.4 Å². The van der Waals surface area contributed by atoms with E-state index in [1.807, 2.05) is 93.7 Å². The molecule has 4 heterocycles. The minimum atomic E-state index is -4.67. The van der Waals surface area contributed by atoms with Crippen LogP contribution in [0.2, 0.25) is 0 Å². The summed E-state index contributed by atoms with van der Waals surface area (Å²) in [6, 6.07) is 20.6. The highest BCUT2D eigenvalue weighted by atomic mass is 32.3. The molecule has 24 heteroatoms. The van der Waals surface area contributed by atoms with E-state index in [2.05, 4.69) is 40.4 Å². The number of piperazine rings is 1. The molecule has 10 N–H and O–H groups in total. The van der Waals surface area contributed by atoms with Crippen molar-refractivity contribution >= 4 is 46.8 Å². The molecule has 3 unspecified atom stereocenters. The van der Waals surface area contributed by atoms with Crippen molar-refractivity contribution in [3.63, 3.8) is 0 Å². The van der Waals surface area contributed by atoms with Crippen molar-refractivity contribution in [1.29, 1.82) is 0 Å². The number of hydrogen-bond donors (Lipinski definition) is 9. The van der Waals surface area contributed by atoms with E-state index in [4.69, 9.17) is 37.8 Å². The van der Waals surface area contributed by atoms with Gasteiger partial charge in [-0.15, -0.1) is 0 Å². The molecule has 2 amide bonds. The van der Waals surface area contributed by atoms with Crippen LogP contribution in [-0.2, 0) is 55.2 Å². The van der Waals surface area contributed by atoms with Crippen molar-refractivity contribution in [2.75, 3.05) is 38.3 Å². The fourth-order valence-corrected chi connectivity index (χ4v) is 8.60. The third-order valence-corrected chi connectivity index (χ3v) is 11.6. The van der Waals surface area contributed by atoms with Crippen LogP contribution in [0.4, 0.5) is 5.82 Å². The Morgan fingerprint density at radius 2 is 1.65 bits per heavy atom. The number of benzene rings is 2. The summed E-state index contributed by atoms with van der Waals surface area (Å²) in [4.78, 5) is 65.3. The smallest absolute Gasteiger partial charge is 0.392 e. The van der Waals surface area contributed by atoms with Crippen LogP contribution in [-0.4, -0.2) is 146 Å². The molecule has 3 aromatic heterocycles. The van der Waals surface area contributed by atoms with E-state index in [0.717, 1.165) is 28.8 Å². The summed E-state index contributed by atoms with van der Waals surface area (Å²) < 4.78 is 49.1. The van der Waals surface area contributed by atoms with Crippen LogP contribution >= 0.6 is 7.60 Å². The lowest BCUT2D eigenvalue weighted by Gasteiger charge is -2.42. The zero-order valence-corrected chi connectivity index (χ0v) is 40.6. The van der Waals surface area contributed by atoms with Crippen molar-refractivity contribution in [1.82, 2.24) is 44.9 Å². The minimum Gasteiger partial charge on any atom is -0.392 e. The van der Waals surface area contributed by atoms with Gasteiger partial charge in [0.2, 0.25) is 11.8 Å². The fraction of sp³-hybridized carbons (Fsp3) is 0.467. The molecule has 69 heavy (non-hydrogen) atoms. The number of anilines is 1. The average Bonchev–Trinajstić information content (AvgIpc) is 3.82. The van der Waals surface area contributed by atoms with Crippen LogP contribution in [0.5, 0.6) is 0 Å². The number of nitrogens with two attached hydrogens (primary N) is 1. The molecule has 5 aromatic rings. The van der Waals surface area contributed by atoms with Crippen LogP contribution in [0.25, 0.3) is 11.2 Å². The number of aromatic nitrogens is 5. The molecule has 376 valence electrons. The van der Waals surface area contributed by atoms with Gasteiger partial charge in [0.15, 0.2) is 11.5 Å². The second-order valence-electron chi connectivity index (χ2n) is 18.1. The summed E-state index contributed by atoms with van der Waals surface area (Å²) >= 11 is 0. The molecular formula is C45H63N10O12PS. The van der Waals surface area contributed by atoms with E-state index in [0.29, 0.717) is 50.2 Å². The first-order valence-corrected chi connectivity index (χ1v) is 25.3.